The van der Waals surface area contributed by atoms with Crippen molar-refractivity contribution in [2.45, 2.75) is 26.9 Å². The molecule has 6 heteroatoms. The zero-order valence-corrected chi connectivity index (χ0v) is 16.7. The minimum absolute atomic E-state index is 0. The summed E-state index contributed by atoms with van der Waals surface area (Å²) in [5.74, 6) is 1.74. The summed E-state index contributed by atoms with van der Waals surface area (Å²) in [4.78, 5) is 4.61. The lowest BCUT2D eigenvalue weighted by molar-refractivity contribution is 0.336. The van der Waals surface area contributed by atoms with Gasteiger partial charge in [-0.05, 0) is 42.3 Å². The molecule has 1 aromatic heterocycles. The first-order valence-corrected chi connectivity index (χ1v) is 8.51. The maximum absolute atomic E-state index is 5.65. The van der Waals surface area contributed by atoms with E-state index in [4.69, 9.17) is 4.74 Å². The van der Waals surface area contributed by atoms with Gasteiger partial charge in [-0.2, -0.15) is 11.3 Å². The molecule has 0 fully saturated rings. The molecule has 0 aliphatic rings. The fourth-order valence-electron chi connectivity index (χ4n) is 2.02. The zero-order chi connectivity index (χ0) is 15.6. The largest absolute Gasteiger partial charge is 0.494 e. The summed E-state index contributed by atoms with van der Waals surface area (Å²) in [5, 5.41) is 10.8. The summed E-state index contributed by atoms with van der Waals surface area (Å²) < 4.78 is 5.65. The summed E-state index contributed by atoms with van der Waals surface area (Å²) in [5.41, 5.74) is 2.36. The van der Waals surface area contributed by atoms with E-state index in [2.05, 4.69) is 45.4 Å². The Morgan fingerprint density at radius 3 is 2.70 bits per heavy atom. The third-order valence-electron chi connectivity index (χ3n) is 3.06. The van der Waals surface area contributed by atoms with E-state index in [1.165, 1.54) is 5.56 Å². The number of ether oxygens (including phenoxy) is 1. The van der Waals surface area contributed by atoms with Gasteiger partial charge in [-0.1, -0.05) is 18.2 Å². The fourth-order valence-corrected chi connectivity index (χ4v) is 2.68. The summed E-state index contributed by atoms with van der Waals surface area (Å²) in [7, 11) is 0. The van der Waals surface area contributed by atoms with E-state index in [0.29, 0.717) is 19.7 Å². The fraction of sp³-hybridized carbons (Fsp3) is 0.353. The van der Waals surface area contributed by atoms with Crippen LogP contribution in [0, 0.1) is 0 Å². The highest BCUT2D eigenvalue weighted by molar-refractivity contribution is 14.0. The number of benzene rings is 1. The van der Waals surface area contributed by atoms with Gasteiger partial charge in [-0.25, -0.2) is 4.99 Å². The van der Waals surface area contributed by atoms with Crippen LogP contribution in [0.2, 0.25) is 0 Å². The summed E-state index contributed by atoms with van der Waals surface area (Å²) in [6.07, 6.45) is 0. The molecular formula is C17H24IN3OS. The summed E-state index contributed by atoms with van der Waals surface area (Å²) >= 11 is 1.70. The van der Waals surface area contributed by atoms with Crippen molar-refractivity contribution in [1.82, 2.24) is 10.6 Å². The van der Waals surface area contributed by atoms with Gasteiger partial charge >= 0.3 is 0 Å². The molecule has 1 heterocycles. The topological polar surface area (TPSA) is 45.7 Å². The van der Waals surface area contributed by atoms with Gasteiger partial charge in [0.15, 0.2) is 5.96 Å². The molecule has 126 valence electrons. The average molecular weight is 445 g/mol. The number of nitrogens with one attached hydrogen (secondary N) is 2. The number of halogens is 1. The number of guanidine groups is 1. The second-order valence-corrected chi connectivity index (χ2v) is 5.50. The molecule has 2 aromatic rings. The van der Waals surface area contributed by atoms with Gasteiger partial charge in [0.1, 0.15) is 5.75 Å². The molecule has 0 unspecified atom stereocenters. The molecule has 0 bridgehead atoms. The number of hydrogen-bond donors (Lipinski definition) is 2. The van der Waals surface area contributed by atoms with Crippen molar-refractivity contribution in [2.24, 2.45) is 4.99 Å². The number of para-hydroxylation sites is 1. The van der Waals surface area contributed by atoms with E-state index >= 15 is 0 Å². The summed E-state index contributed by atoms with van der Waals surface area (Å²) in [6, 6.07) is 10.2. The van der Waals surface area contributed by atoms with Crippen molar-refractivity contribution >= 4 is 41.3 Å². The highest BCUT2D eigenvalue weighted by atomic mass is 127. The molecule has 0 spiro atoms. The van der Waals surface area contributed by atoms with E-state index in [0.717, 1.165) is 23.8 Å². The standard InChI is InChI=1S/C17H23N3OS.HI/c1-3-18-17(19-11-14-9-10-22-13-14)20-12-15-7-5-6-8-16(15)21-4-2;/h5-10,13H,3-4,11-12H2,1-2H3,(H2,18,19,20);1H. The van der Waals surface area contributed by atoms with E-state index in [1.807, 2.05) is 25.1 Å². The molecule has 2 N–H and O–H groups in total. The number of aliphatic imine (C=N–C) groups is 1. The third kappa shape index (κ3) is 6.78. The number of thiophene rings is 1. The van der Waals surface area contributed by atoms with Gasteiger partial charge in [0, 0.05) is 18.7 Å². The van der Waals surface area contributed by atoms with Crippen LogP contribution < -0.4 is 15.4 Å². The first kappa shape index (κ1) is 19.8. The van der Waals surface area contributed by atoms with E-state index in [1.54, 1.807) is 11.3 Å². The van der Waals surface area contributed by atoms with Crippen LogP contribution in [-0.2, 0) is 13.1 Å². The number of rotatable bonds is 7. The quantitative estimate of drug-likeness (QED) is 0.385. The van der Waals surface area contributed by atoms with Gasteiger partial charge in [0.25, 0.3) is 0 Å². The normalized spacial score (nSPS) is 10.8. The van der Waals surface area contributed by atoms with E-state index in [9.17, 15) is 0 Å². The molecule has 1 aromatic carbocycles. The Hall–Kier alpha value is -1.28. The van der Waals surface area contributed by atoms with Gasteiger partial charge in [0.05, 0.1) is 13.2 Å². The SMILES string of the molecule is CCNC(=NCc1ccsc1)NCc1ccccc1OCC.I. The van der Waals surface area contributed by atoms with Crippen LogP contribution in [0.4, 0.5) is 0 Å². The lowest BCUT2D eigenvalue weighted by Crippen LogP contribution is -2.36. The molecule has 0 atom stereocenters. The van der Waals surface area contributed by atoms with E-state index < -0.39 is 0 Å². The van der Waals surface area contributed by atoms with Crippen LogP contribution in [0.15, 0.2) is 46.1 Å². The van der Waals surface area contributed by atoms with Gasteiger partial charge < -0.3 is 15.4 Å². The molecule has 4 nitrogen and oxygen atoms in total. The monoisotopic (exact) mass is 445 g/mol. The lowest BCUT2D eigenvalue weighted by Gasteiger charge is -2.14. The lowest BCUT2D eigenvalue weighted by atomic mass is 10.2. The highest BCUT2D eigenvalue weighted by Crippen LogP contribution is 2.17. The Morgan fingerprint density at radius 1 is 1.17 bits per heavy atom. The second kappa shape index (κ2) is 11.3. The van der Waals surface area contributed by atoms with Crippen LogP contribution in [0.5, 0.6) is 5.75 Å². The van der Waals surface area contributed by atoms with Crippen molar-refractivity contribution in [3.8, 4) is 5.75 Å². The molecule has 0 saturated heterocycles. The van der Waals surface area contributed by atoms with Crippen LogP contribution in [0.25, 0.3) is 0 Å². The summed E-state index contributed by atoms with van der Waals surface area (Å²) in [6.45, 7) is 6.94. The van der Waals surface area contributed by atoms with Crippen LogP contribution in [0.3, 0.4) is 0 Å². The Labute approximate surface area is 159 Å². The zero-order valence-electron chi connectivity index (χ0n) is 13.5. The third-order valence-corrected chi connectivity index (χ3v) is 3.79. The van der Waals surface area contributed by atoms with Crippen LogP contribution in [0.1, 0.15) is 25.0 Å². The van der Waals surface area contributed by atoms with Gasteiger partial charge in [-0.3, -0.25) is 0 Å². The number of nitrogens with zero attached hydrogens (tertiary/aromatic N) is 1. The Balaban J connectivity index is 0.00000264. The number of hydrogen-bond acceptors (Lipinski definition) is 3. The second-order valence-electron chi connectivity index (χ2n) is 4.72. The van der Waals surface area contributed by atoms with Crippen molar-refractivity contribution < 1.29 is 4.74 Å². The molecule has 23 heavy (non-hydrogen) atoms. The van der Waals surface area contributed by atoms with Gasteiger partial charge in [0.2, 0.25) is 0 Å². The van der Waals surface area contributed by atoms with Crippen molar-refractivity contribution in [3.05, 3.63) is 52.2 Å². The molecule has 0 amide bonds. The first-order valence-electron chi connectivity index (χ1n) is 7.57. The minimum Gasteiger partial charge on any atom is -0.494 e. The van der Waals surface area contributed by atoms with Crippen molar-refractivity contribution in [1.29, 1.82) is 0 Å². The molecule has 0 aliphatic heterocycles. The first-order chi connectivity index (χ1) is 10.8. The molecular weight excluding hydrogens is 421 g/mol. The molecule has 0 saturated carbocycles. The van der Waals surface area contributed by atoms with Crippen molar-refractivity contribution in [3.63, 3.8) is 0 Å². The molecule has 0 aliphatic carbocycles. The van der Waals surface area contributed by atoms with Crippen LogP contribution in [-0.4, -0.2) is 19.1 Å². The smallest absolute Gasteiger partial charge is 0.191 e. The predicted octanol–water partition coefficient (Wildman–Crippen LogP) is 4.02. The molecule has 0 radical (unpaired) electrons. The Kier molecular flexibility index (Phi) is 9.70. The Bertz CT molecular complexity index is 587. The van der Waals surface area contributed by atoms with E-state index in [-0.39, 0.29) is 24.0 Å². The average Bonchev–Trinajstić information content (AvgIpc) is 3.05. The van der Waals surface area contributed by atoms with Crippen LogP contribution >= 0.6 is 35.3 Å². The Morgan fingerprint density at radius 2 is 2.00 bits per heavy atom. The highest BCUT2D eigenvalue weighted by Gasteiger charge is 2.04. The molecule has 2 rings (SSSR count). The van der Waals surface area contributed by atoms with Gasteiger partial charge in [-0.15, -0.1) is 24.0 Å². The predicted molar refractivity (Wildman–Crippen MR) is 109 cm³/mol. The maximum atomic E-state index is 5.65. The minimum atomic E-state index is 0. The van der Waals surface area contributed by atoms with Crippen molar-refractivity contribution in [2.75, 3.05) is 13.2 Å². The maximum Gasteiger partial charge on any atom is 0.191 e.